The van der Waals surface area contributed by atoms with Crippen molar-refractivity contribution in [3.63, 3.8) is 0 Å². The predicted octanol–water partition coefficient (Wildman–Crippen LogP) is 2.09. The van der Waals surface area contributed by atoms with Gasteiger partial charge in [0.1, 0.15) is 5.15 Å². The molecule has 4 nitrogen and oxygen atoms in total. The number of hydrogen-bond acceptors (Lipinski definition) is 3. The lowest BCUT2D eigenvalue weighted by atomic mass is 10.1. The van der Waals surface area contributed by atoms with Gasteiger partial charge < -0.3 is 11.1 Å². The quantitative estimate of drug-likeness (QED) is 0.811. The smallest absolute Gasteiger partial charge is 0.253 e. The summed E-state index contributed by atoms with van der Waals surface area (Å²) >= 11 is 5.73. The third kappa shape index (κ3) is 2.69. The van der Waals surface area contributed by atoms with Crippen LogP contribution in [0, 0.1) is 11.3 Å². The van der Waals surface area contributed by atoms with Crippen molar-refractivity contribution in [2.75, 3.05) is 12.3 Å². The zero-order valence-electron chi connectivity index (χ0n) is 9.96. The molecule has 0 spiro atoms. The molecule has 0 saturated heterocycles. The number of pyridine rings is 1. The highest BCUT2D eigenvalue weighted by molar-refractivity contribution is 6.29. The van der Waals surface area contributed by atoms with Crippen LogP contribution in [-0.2, 0) is 0 Å². The molecule has 17 heavy (non-hydrogen) atoms. The minimum atomic E-state index is -0.186. The Morgan fingerprint density at radius 1 is 1.71 bits per heavy atom. The first-order valence-corrected chi connectivity index (χ1v) is 5.97. The molecule has 5 heteroatoms. The summed E-state index contributed by atoms with van der Waals surface area (Å²) in [6.07, 6.45) is 2.55. The molecule has 1 aromatic heterocycles. The summed E-state index contributed by atoms with van der Waals surface area (Å²) in [4.78, 5) is 15.7. The van der Waals surface area contributed by atoms with Crippen molar-refractivity contribution in [2.24, 2.45) is 11.3 Å². The topological polar surface area (TPSA) is 68.0 Å². The van der Waals surface area contributed by atoms with Crippen molar-refractivity contribution < 1.29 is 4.79 Å². The van der Waals surface area contributed by atoms with Crippen LogP contribution in [0.1, 0.15) is 30.6 Å². The van der Waals surface area contributed by atoms with Gasteiger partial charge in [-0.05, 0) is 23.8 Å². The Morgan fingerprint density at radius 2 is 2.35 bits per heavy atom. The van der Waals surface area contributed by atoms with Crippen LogP contribution < -0.4 is 11.1 Å². The lowest BCUT2D eigenvalue weighted by Crippen LogP contribution is -2.27. The molecule has 0 radical (unpaired) electrons. The van der Waals surface area contributed by atoms with E-state index in [9.17, 15) is 4.79 Å². The minimum Gasteiger partial charge on any atom is -0.397 e. The molecule has 1 unspecified atom stereocenters. The van der Waals surface area contributed by atoms with Gasteiger partial charge in [0, 0.05) is 6.54 Å². The second-order valence-corrected chi connectivity index (χ2v) is 5.58. The molecule has 1 atom stereocenters. The molecule has 0 aliphatic heterocycles. The number of nitrogen functional groups attached to an aromatic ring is 1. The number of amides is 1. The summed E-state index contributed by atoms with van der Waals surface area (Å²) in [5.74, 6) is 0.375. The van der Waals surface area contributed by atoms with Gasteiger partial charge >= 0.3 is 0 Å². The monoisotopic (exact) mass is 253 g/mol. The summed E-state index contributed by atoms with van der Waals surface area (Å²) in [5, 5.41) is 3.15. The summed E-state index contributed by atoms with van der Waals surface area (Å²) < 4.78 is 0. The van der Waals surface area contributed by atoms with Crippen molar-refractivity contribution in [3.8, 4) is 0 Å². The van der Waals surface area contributed by atoms with Crippen molar-refractivity contribution in [3.05, 3.63) is 23.0 Å². The Balaban J connectivity index is 1.98. The largest absolute Gasteiger partial charge is 0.397 e. The van der Waals surface area contributed by atoms with Crippen LogP contribution in [-0.4, -0.2) is 17.4 Å². The lowest BCUT2D eigenvalue weighted by Gasteiger charge is -2.08. The number of hydrogen-bond donors (Lipinski definition) is 2. The van der Waals surface area contributed by atoms with Crippen LogP contribution in [0.2, 0.25) is 5.15 Å². The number of nitrogens with one attached hydrogen (secondary N) is 1. The first kappa shape index (κ1) is 12.2. The highest BCUT2D eigenvalue weighted by Crippen LogP contribution is 2.50. The van der Waals surface area contributed by atoms with Gasteiger partial charge in [-0.25, -0.2) is 4.98 Å². The van der Waals surface area contributed by atoms with E-state index in [4.69, 9.17) is 17.3 Å². The molecule has 1 aliphatic rings. The Bertz CT molecular complexity index is 459. The lowest BCUT2D eigenvalue weighted by molar-refractivity contribution is 0.0951. The second kappa shape index (κ2) is 4.18. The Morgan fingerprint density at radius 3 is 2.94 bits per heavy atom. The number of rotatable bonds is 3. The van der Waals surface area contributed by atoms with Crippen molar-refractivity contribution in [1.29, 1.82) is 0 Å². The van der Waals surface area contributed by atoms with Crippen molar-refractivity contribution >= 4 is 23.2 Å². The fourth-order valence-corrected chi connectivity index (χ4v) is 2.03. The minimum absolute atomic E-state index is 0.186. The third-order valence-electron chi connectivity index (χ3n) is 3.37. The summed E-state index contributed by atoms with van der Waals surface area (Å²) in [5.41, 5.74) is 6.78. The predicted molar refractivity (Wildman–Crippen MR) is 67.9 cm³/mol. The number of halogens is 1. The zero-order valence-corrected chi connectivity index (χ0v) is 10.7. The maximum Gasteiger partial charge on any atom is 0.253 e. The molecule has 1 heterocycles. The van der Waals surface area contributed by atoms with Gasteiger partial charge in [-0.15, -0.1) is 0 Å². The van der Waals surface area contributed by atoms with Crippen molar-refractivity contribution in [1.82, 2.24) is 10.3 Å². The van der Waals surface area contributed by atoms with Gasteiger partial charge in [0.25, 0.3) is 5.91 Å². The van der Waals surface area contributed by atoms with E-state index in [1.54, 1.807) is 0 Å². The van der Waals surface area contributed by atoms with Gasteiger partial charge in [-0.3, -0.25) is 4.79 Å². The average molecular weight is 254 g/mol. The van der Waals surface area contributed by atoms with E-state index in [0.717, 1.165) is 6.42 Å². The third-order valence-corrected chi connectivity index (χ3v) is 3.58. The molecule has 0 bridgehead atoms. The maximum absolute atomic E-state index is 11.9. The summed E-state index contributed by atoms with van der Waals surface area (Å²) in [6.45, 7) is 5.08. The van der Waals surface area contributed by atoms with Crippen LogP contribution in [0.5, 0.6) is 0 Å². The van der Waals surface area contributed by atoms with E-state index in [0.29, 0.717) is 29.1 Å². The average Bonchev–Trinajstić information content (AvgIpc) is 2.87. The van der Waals surface area contributed by atoms with Gasteiger partial charge in [-0.1, -0.05) is 25.4 Å². The first-order chi connectivity index (χ1) is 7.90. The maximum atomic E-state index is 11.9. The molecule has 3 N–H and O–H groups in total. The van der Waals surface area contributed by atoms with E-state index in [1.807, 2.05) is 0 Å². The molecule has 2 rings (SSSR count). The Kier molecular flexibility index (Phi) is 3.00. The number of anilines is 1. The van der Waals surface area contributed by atoms with E-state index in [2.05, 4.69) is 24.1 Å². The van der Waals surface area contributed by atoms with Crippen molar-refractivity contribution in [2.45, 2.75) is 20.3 Å². The van der Waals surface area contributed by atoms with Gasteiger partial charge in [0.2, 0.25) is 0 Å². The molecule has 1 aliphatic carbocycles. The Labute approximate surface area is 106 Å². The van der Waals surface area contributed by atoms with Gasteiger partial charge in [-0.2, -0.15) is 0 Å². The van der Waals surface area contributed by atoms with E-state index in [-0.39, 0.29) is 11.1 Å². The van der Waals surface area contributed by atoms with Crippen LogP contribution in [0.3, 0.4) is 0 Å². The number of carbonyl (C=O) groups is 1. The van der Waals surface area contributed by atoms with Crippen LogP contribution >= 0.6 is 11.6 Å². The SMILES string of the molecule is CC1(C)CC1CNC(=O)c1cc(Cl)ncc1N. The van der Waals surface area contributed by atoms with Gasteiger partial charge in [0.05, 0.1) is 17.4 Å². The van der Waals surface area contributed by atoms with E-state index < -0.39 is 0 Å². The van der Waals surface area contributed by atoms with Crippen LogP contribution in [0.25, 0.3) is 0 Å². The molecule has 1 amide bonds. The molecular weight excluding hydrogens is 238 g/mol. The molecule has 0 aromatic carbocycles. The zero-order chi connectivity index (χ0) is 12.6. The molecule has 92 valence electrons. The van der Waals surface area contributed by atoms with E-state index in [1.165, 1.54) is 12.3 Å². The number of nitrogens with zero attached hydrogens (tertiary/aromatic N) is 1. The number of nitrogens with two attached hydrogens (primary N) is 1. The second-order valence-electron chi connectivity index (χ2n) is 5.19. The highest BCUT2D eigenvalue weighted by Gasteiger charge is 2.45. The summed E-state index contributed by atoms with van der Waals surface area (Å²) in [7, 11) is 0. The molecule has 1 aromatic rings. The van der Waals surface area contributed by atoms with Gasteiger partial charge in [0.15, 0.2) is 0 Å². The fraction of sp³-hybridized carbons (Fsp3) is 0.500. The molecule has 1 saturated carbocycles. The normalized spacial score (nSPS) is 21.0. The summed E-state index contributed by atoms with van der Waals surface area (Å²) in [6, 6.07) is 1.49. The molecular formula is C12H16ClN3O. The number of aromatic nitrogens is 1. The molecule has 1 fully saturated rings. The van der Waals surface area contributed by atoms with Crippen LogP contribution in [0.15, 0.2) is 12.3 Å². The van der Waals surface area contributed by atoms with Crippen LogP contribution in [0.4, 0.5) is 5.69 Å². The standard InChI is InChI=1S/C12H16ClN3O/c1-12(2)4-7(12)5-16-11(17)8-3-10(13)15-6-9(8)14/h3,6-7H,4-5,14H2,1-2H3,(H,16,17). The Hall–Kier alpha value is -1.29. The number of carbonyl (C=O) groups excluding carboxylic acids is 1. The fourth-order valence-electron chi connectivity index (χ4n) is 1.87. The highest BCUT2D eigenvalue weighted by atomic mass is 35.5. The first-order valence-electron chi connectivity index (χ1n) is 5.59. The van der Waals surface area contributed by atoms with E-state index >= 15 is 0 Å².